The Hall–Kier alpha value is -1.07. The summed E-state index contributed by atoms with van der Waals surface area (Å²) >= 11 is 0. The van der Waals surface area contributed by atoms with E-state index in [4.69, 9.17) is 10.3 Å². The molecule has 1 aliphatic carbocycles. The lowest BCUT2D eigenvalue weighted by atomic mass is 9.92. The highest BCUT2D eigenvalue weighted by atomic mass is 35.5. The Kier molecular flexibility index (Phi) is 4.70. The topological polar surface area (TPSA) is 72.4 Å². The van der Waals surface area contributed by atoms with Gasteiger partial charge in [-0.1, -0.05) is 12.1 Å². The smallest absolute Gasteiger partial charge is 0.276 e. The molecule has 3 rings (SSSR count). The van der Waals surface area contributed by atoms with Gasteiger partial charge < -0.3 is 15.2 Å². The largest absolute Gasteiger partial charge is 0.360 e. The van der Waals surface area contributed by atoms with Gasteiger partial charge in [-0.25, -0.2) is 0 Å². The number of piperidine rings is 1. The second kappa shape index (κ2) is 6.14. The van der Waals surface area contributed by atoms with Crippen molar-refractivity contribution < 1.29 is 9.32 Å². The zero-order chi connectivity index (χ0) is 13.4. The highest BCUT2D eigenvalue weighted by molar-refractivity contribution is 5.92. The normalized spacial score (nSPS) is 26.2. The first-order chi connectivity index (χ1) is 9.19. The summed E-state index contributed by atoms with van der Waals surface area (Å²) in [6.07, 6.45) is 4.32. The molecule has 1 amide bonds. The predicted molar refractivity (Wildman–Crippen MR) is 78.0 cm³/mol. The van der Waals surface area contributed by atoms with Gasteiger partial charge in [-0.15, -0.1) is 12.4 Å². The Morgan fingerprint density at radius 1 is 1.50 bits per heavy atom. The van der Waals surface area contributed by atoms with Crippen molar-refractivity contribution in [1.82, 2.24) is 10.1 Å². The first-order valence-corrected chi connectivity index (χ1v) is 7.16. The van der Waals surface area contributed by atoms with E-state index in [1.54, 1.807) is 0 Å². The minimum atomic E-state index is -0.0296. The second-order valence-corrected chi connectivity index (χ2v) is 5.91. The van der Waals surface area contributed by atoms with Crippen LogP contribution in [0.4, 0.5) is 0 Å². The third-order valence-corrected chi connectivity index (χ3v) is 4.24. The van der Waals surface area contributed by atoms with E-state index in [1.807, 2.05) is 11.0 Å². The molecule has 20 heavy (non-hydrogen) atoms. The van der Waals surface area contributed by atoms with E-state index in [2.05, 4.69) is 12.1 Å². The van der Waals surface area contributed by atoms with Crippen molar-refractivity contribution in [3.63, 3.8) is 0 Å². The van der Waals surface area contributed by atoms with Gasteiger partial charge in [0.15, 0.2) is 5.69 Å². The van der Waals surface area contributed by atoms with Gasteiger partial charge in [0.25, 0.3) is 5.91 Å². The molecule has 5 nitrogen and oxygen atoms in total. The fraction of sp³-hybridized carbons (Fsp3) is 0.714. The lowest BCUT2D eigenvalue weighted by molar-refractivity contribution is 0.0563. The Balaban J connectivity index is 0.00000147. The van der Waals surface area contributed by atoms with Crippen LogP contribution in [0.1, 0.15) is 54.8 Å². The van der Waals surface area contributed by atoms with E-state index < -0.39 is 0 Å². The van der Waals surface area contributed by atoms with E-state index in [9.17, 15) is 4.79 Å². The summed E-state index contributed by atoms with van der Waals surface area (Å²) in [5.41, 5.74) is 6.24. The summed E-state index contributed by atoms with van der Waals surface area (Å²) in [4.78, 5) is 14.3. The minimum Gasteiger partial charge on any atom is -0.360 e. The fourth-order valence-electron chi connectivity index (χ4n) is 2.84. The standard InChI is InChI=1S/C14H21N3O2.ClH/c1-9-4-5-17(11(6-9)8-15)14(18)12-7-13(19-16-12)10-2-3-10;/h7,9-11H,2-6,8,15H2,1H3;1H. The van der Waals surface area contributed by atoms with Crippen LogP contribution in [0.15, 0.2) is 10.6 Å². The molecule has 2 N–H and O–H groups in total. The van der Waals surface area contributed by atoms with Crippen molar-refractivity contribution >= 4 is 18.3 Å². The number of amides is 1. The number of likely N-dealkylation sites (tertiary alicyclic amines) is 1. The van der Waals surface area contributed by atoms with Crippen molar-refractivity contribution in [2.45, 2.75) is 44.6 Å². The van der Waals surface area contributed by atoms with Crippen LogP contribution in [-0.4, -0.2) is 35.1 Å². The molecular formula is C14H22ClN3O2. The summed E-state index contributed by atoms with van der Waals surface area (Å²) < 4.78 is 5.26. The van der Waals surface area contributed by atoms with E-state index in [-0.39, 0.29) is 24.4 Å². The number of carbonyl (C=O) groups excluding carboxylic acids is 1. The number of hydrogen-bond donors (Lipinski definition) is 1. The number of halogens is 1. The minimum absolute atomic E-state index is 0. The molecule has 2 fully saturated rings. The zero-order valence-electron chi connectivity index (χ0n) is 11.7. The number of aromatic nitrogens is 1. The molecule has 2 unspecified atom stereocenters. The molecule has 0 aromatic carbocycles. The number of nitrogens with two attached hydrogens (primary N) is 1. The molecule has 1 saturated carbocycles. The Labute approximate surface area is 125 Å². The lowest BCUT2D eigenvalue weighted by Crippen LogP contribution is -2.49. The summed E-state index contributed by atoms with van der Waals surface area (Å²) in [5, 5.41) is 3.93. The van der Waals surface area contributed by atoms with Crippen LogP contribution >= 0.6 is 12.4 Å². The maximum Gasteiger partial charge on any atom is 0.276 e. The van der Waals surface area contributed by atoms with Gasteiger partial charge in [0, 0.05) is 31.1 Å². The quantitative estimate of drug-likeness (QED) is 0.928. The molecule has 6 heteroatoms. The highest BCUT2D eigenvalue weighted by Crippen LogP contribution is 2.40. The van der Waals surface area contributed by atoms with Gasteiger partial charge >= 0.3 is 0 Å². The van der Waals surface area contributed by atoms with Crippen LogP contribution in [0.2, 0.25) is 0 Å². The molecule has 0 radical (unpaired) electrons. The number of hydrogen-bond acceptors (Lipinski definition) is 4. The van der Waals surface area contributed by atoms with Gasteiger partial charge in [0.1, 0.15) is 5.76 Å². The molecular weight excluding hydrogens is 278 g/mol. The van der Waals surface area contributed by atoms with Crippen molar-refractivity contribution in [3.8, 4) is 0 Å². The van der Waals surface area contributed by atoms with Crippen molar-refractivity contribution in [2.75, 3.05) is 13.1 Å². The molecule has 2 atom stereocenters. The molecule has 1 saturated heterocycles. The van der Waals surface area contributed by atoms with Crippen LogP contribution in [0.25, 0.3) is 0 Å². The van der Waals surface area contributed by atoms with Crippen molar-refractivity contribution in [1.29, 1.82) is 0 Å². The van der Waals surface area contributed by atoms with E-state index >= 15 is 0 Å². The summed E-state index contributed by atoms with van der Waals surface area (Å²) in [7, 11) is 0. The van der Waals surface area contributed by atoms with Crippen LogP contribution in [0.3, 0.4) is 0 Å². The van der Waals surface area contributed by atoms with Crippen LogP contribution in [0.5, 0.6) is 0 Å². The van der Waals surface area contributed by atoms with E-state index in [1.165, 1.54) is 0 Å². The van der Waals surface area contributed by atoms with Crippen LogP contribution in [0, 0.1) is 5.92 Å². The fourth-order valence-corrected chi connectivity index (χ4v) is 2.84. The predicted octanol–water partition coefficient (Wildman–Crippen LogP) is 2.17. The molecule has 1 aliphatic heterocycles. The molecule has 0 bridgehead atoms. The van der Waals surface area contributed by atoms with Crippen LogP contribution in [-0.2, 0) is 0 Å². The Morgan fingerprint density at radius 3 is 2.90 bits per heavy atom. The van der Waals surface area contributed by atoms with Gasteiger partial charge in [0.05, 0.1) is 0 Å². The molecule has 1 aromatic heterocycles. The summed E-state index contributed by atoms with van der Waals surface area (Å²) in [6, 6.07) is 1.95. The zero-order valence-corrected chi connectivity index (χ0v) is 12.6. The third kappa shape index (κ3) is 2.99. The Bertz CT molecular complexity index is 473. The Morgan fingerprint density at radius 2 is 2.25 bits per heavy atom. The van der Waals surface area contributed by atoms with E-state index in [0.717, 1.165) is 38.0 Å². The summed E-state index contributed by atoms with van der Waals surface area (Å²) in [6.45, 7) is 3.50. The van der Waals surface area contributed by atoms with Crippen molar-refractivity contribution in [2.24, 2.45) is 11.7 Å². The number of rotatable bonds is 3. The van der Waals surface area contributed by atoms with Gasteiger partial charge in [-0.2, -0.15) is 0 Å². The van der Waals surface area contributed by atoms with E-state index in [0.29, 0.717) is 24.1 Å². The third-order valence-electron chi connectivity index (χ3n) is 4.24. The first kappa shape index (κ1) is 15.3. The first-order valence-electron chi connectivity index (χ1n) is 7.16. The van der Waals surface area contributed by atoms with Gasteiger partial charge in [0.2, 0.25) is 0 Å². The molecule has 0 spiro atoms. The van der Waals surface area contributed by atoms with Gasteiger partial charge in [-0.05, 0) is 31.6 Å². The number of nitrogens with zero attached hydrogens (tertiary/aromatic N) is 2. The SMILES string of the molecule is CC1CCN(C(=O)c2cc(C3CC3)on2)C(CN)C1.Cl. The van der Waals surface area contributed by atoms with Gasteiger partial charge in [-0.3, -0.25) is 4.79 Å². The second-order valence-electron chi connectivity index (χ2n) is 5.91. The maximum absolute atomic E-state index is 12.5. The lowest BCUT2D eigenvalue weighted by Gasteiger charge is -2.37. The summed E-state index contributed by atoms with van der Waals surface area (Å²) in [5.74, 6) is 1.95. The van der Waals surface area contributed by atoms with Crippen molar-refractivity contribution in [3.05, 3.63) is 17.5 Å². The highest BCUT2D eigenvalue weighted by Gasteiger charge is 2.33. The monoisotopic (exact) mass is 299 g/mol. The molecule has 1 aromatic rings. The molecule has 112 valence electrons. The molecule has 2 heterocycles. The van der Waals surface area contributed by atoms with Crippen LogP contribution < -0.4 is 5.73 Å². The average molecular weight is 300 g/mol. The molecule has 2 aliphatic rings. The average Bonchev–Trinajstić information content (AvgIpc) is 3.15. The maximum atomic E-state index is 12.5. The number of carbonyl (C=O) groups is 1.